The minimum absolute atomic E-state index is 0.215. The molecule has 3 nitrogen and oxygen atoms in total. The van der Waals surface area contributed by atoms with Gasteiger partial charge in [-0.15, -0.1) is 0 Å². The largest absolute Gasteiger partial charge is 0.478 e. The van der Waals surface area contributed by atoms with Crippen LogP contribution >= 0.6 is 0 Å². The summed E-state index contributed by atoms with van der Waals surface area (Å²) < 4.78 is 12.1. The normalized spacial score (nSPS) is 9.30. The first-order chi connectivity index (χ1) is 4.70. The highest BCUT2D eigenvalue weighted by Gasteiger charge is 2.02. The van der Waals surface area contributed by atoms with Crippen LogP contribution in [0.3, 0.4) is 0 Å². The Hall–Kier alpha value is -1.45. The number of carboxylic acids is 1. The molecule has 10 heavy (non-hydrogen) atoms. The number of nitrogens with zero attached hydrogens (tertiary/aromatic N) is 1. The van der Waals surface area contributed by atoms with Crippen molar-refractivity contribution in [1.29, 1.82) is 0 Å². The second-order valence-corrected chi connectivity index (χ2v) is 1.58. The van der Waals surface area contributed by atoms with E-state index in [1.54, 1.807) is 0 Å². The molecule has 1 aromatic heterocycles. The minimum atomic E-state index is -1.21. The Morgan fingerprint density at radius 3 is 2.90 bits per heavy atom. The molecule has 0 amide bonds. The summed E-state index contributed by atoms with van der Waals surface area (Å²) in [6, 6.07) is 3.10. The molecule has 0 bridgehead atoms. The summed E-state index contributed by atoms with van der Waals surface area (Å²) in [7, 11) is 0. The molecule has 1 rings (SSSR count). The minimum Gasteiger partial charge on any atom is -0.478 e. The lowest BCUT2D eigenvalue weighted by Crippen LogP contribution is -1.97. The molecule has 0 aliphatic rings. The Morgan fingerprint density at radius 1 is 1.80 bits per heavy atom. The molecule has 0 aromatic carbocycles. The van der Waals surface area contributed by atoms with E-state index < -0.39 is 11.9 Å². The standard InChI is InChI=1S/C6H3FNO2/c7-5-3-4(6(9)10)1-2-8-5/h1-2H,(H,9,10). The summed E-state index contributed by atoms with van der Waals surface area (Å²) in [4.78, 5) is 13.3. The summed E-state index contributed by atoms with van der Waals surface area (Å²) in [6.07, 6.45) is 1.08. The monoisotopic (exact) mass is 140 g/mol. The molecule has 0 saturated heterocycles. The van der Waals surface area contributed by atoms with Crippen LogP contribution in [0, 0.1) is 12.0 Å². The van der Waals surface area contributed by atoms with Crippen LogP contribution in [0.4, 0.5) is 4.39 Å². The van der Waals surface area contributed by atoms with Crippen molar-refractivity contribution < 1.29 is 14.3 Å². The summed E-state index contributed by atoms with van der Waals surface area (Å²) in [5.74, 6) is -2.11. The lowest BCUT2D eigenvalue weighted by molar-refractivity contribution is 0.0695. The van der Waals surface area contributed by atoms with Crippen LogP contribution in [-0.4, -0.2) is 16.1 Å². The third kappa shape index (κ3) is 1.28. The number of carboxylic acid groups (broad SMARTS) is 1. The molecule has 0 unspecified atom stereocenters. The molecule has 1 heterocycles. The predicted molar refractivity (Wildman–Crippen MR) is 30.0 cm³/mol. The first-order valence-corrected chi connectivity index (χ1v) is 2.47. The van der Waals surface area contributed by atoms with E-state index in [0.29, 0.717) is 0 Å². The molecular weight excluding hydrogens is 137 g/mol. The number of hydrogen-bond acceptors (Lipinski definition) is 2. The number of rotatable bonds is 1. The van der Waals surface area contributed by atoms with E-state index in [0.717, 1.165) is 6.20 Å². The van der Waals surface area contributed by atoms with Gasteiger partial charge in [-0.3, -0.25) is 0 Å². The van der Waals surface area contributed by atoms with Crippen LogP contribution in [0.5, 0.6) is 0 Å². The molecular formula is C6H3FNO2. The fraction of sp³-hybridized carbons (Fsp3) is 0. The van der Waals surface area contributed by atoms with Gasteiger partial charge < -0.3 is 5.11 Å². The predicted octanol–water partition coefficient (Wildman–Crippen LogP) is 0.719. The topological polar surface area (TPSA) is 50.2 Å². The number of hydrogen-bond donors (Lipinski definition) is 1. The van der Waals surface area contributed by atoms with Crippen molar-refractivity contribution in [2.75, 3.05) is 0 Å². The van der Waals surface area contributed by atoms with Gasteiger partial charge in [0.1, 0.15) is 0 Å². The van der Waals surface area contributed by atoms with Crippen molar-refractivity contribution in [2.24, 2.45) is 0 Å². The fourth-order valence-electron chi connectivity index (χ4n) is 0.487. The second-order valence-electron chi connectivity index (χ2n) is 1.58. The molecule has 51 valence electrons. The van der Waals surface area contributed by atoms with Gasteiger partial charge in [0.05, 0.1) is 11.6 Å². The molecule has 1 N–H and O–H groups in total. The summed E-state index contributed by atoms with van der Waals surface area (Å²) in [6.45, 7) is 0. The summed E-state index contributed by atoms with van der Waals surface area (Å²) >= 11 is 0. The lowest BCUT2D eigenvalue weighted by Gasteiger charge is -1.89. The van der Waals surface area contributed by atoms with Crippen molar-refractivity contribution in [3.05, 3.63) is 29.8 Å². The first kappa shape index (κ1) is 6.67. The maximum atomic E-state index is 12.1. The van der Waals surface area contributed by atoms with E-state index in [1.165, 1.54) is 6.07 Å². The van der Waals surface area contributed by atoms with Crippen molar-refractivity contribution >= 4 is 5.97 Å². The third-order valence-corrected chi connectivity index (χ3v) is 0.897. The van der Waals surface area contributed by atoms with Gasteiger partial charge in [-0.1, -0.05) is 0 Å². The van der Waals surface area contributed by atoms with Crippen molar-refractivity contribution in [3.8, 4) is 0 Å². The smallest absolute Gasteiger partial charge is 0.336 e. The van der Waals surface area contributed by atoms with Crippen molar-refractivity contribution in [2.45, 2.75) is 0 Å². The van der Waals surface area contributed by atoms with Crippen molar-refractivity contribution in [3.63, 3.8) is 0 Å². The number of halogens is 1. The number of carbonyl (C=O) groups is 1. The molecule has 1 aromatic rings. The van der Waals surface area contributed by atoms with Crippen LogP contribution in [0.2, 0.25) is 0 Å². The van der Waals surface area contributed by atoms with Gasteiger partial charge in [-0.25, -0.2) is 9.78 Å². The van der Waals surface area contributed by atoms with Crippen LogP contribution in [0.15, 0.2) is 12.3 Å². The molecule has 0 aliphatic carbocycles. The van der Waals surface area contributed by atoms with E-state index in [2.05, 4.69) is 4.98 Å². The molecule has 0 aliphatic heterocycles. The number of aromatic carboxylic acids is 1. The number of pyridine rings is 1. The van der Waals surface area contributed by atoms with Gasteiger partial charge in [-0.05, 0) is 6.07 Å². The van der Waals surface area contributed by atoms with Gasteiger partial charge in [-0.2, -0.15) is 4.39 Å². The van der Waals surface area contributed by atoms with Gasteiger partial charge in [0, 0.05) is 6.20 Å². The van der Waals surface area contributed by atoms with Gasteiger partial charge in [0.15, 0.2) is 0 Å². The highest BCUT2D eigenvalue weighted by atomic mass is 19.1. The van der Waals surface area contributed by atoms with E-state index >= 15 is 0 Å². The number of aromatic nitrogens is 1. The third-order valence-electron chi connectivity index (χ3n) is 0.897. The molecule has 4 heteroatoms. The summed E-state index contributed by atoms with van der Waals surface area (Å²) in [5, 5.41) is 8.28. The Morgan fingerprint density at radius 2 is 2.50 bits per heavy atom. The quantitative estimate of drug-likeness (QED) is 0.584. The first-order valence-electron chi connectivity index (χ1n) is 2.47. The van der Waals surface area contributed by atoms with Crippen LogP contribution in [0.25, 0.3) is 0 Å². The van der Waals surface area contributed by atoms with E-state index in [4.69, 9.17) is 5.11 Å². The van der Waals surface area contributed by atoms with E-state index in [1.807, 2.05) is 6.07 Å². The fourth-order valence-corrected chi connectivity index (χ4v) is 0.487. The average molecular weight is 140 g/mol. The maximum absolute atomic E-state index is 12.1. The van der Waals surface area contributed by atoms with Gasteiger partial charge in [0.25, 0.3) is 0 Å². The Labute approximate surface area is 56.1 Å². The molecule has 0 atom stereocenters. The molecule has 1 radical (unpaired) electrons. The van der Waals surface area contributed by atoms with E-state index in [9.17, 15) is 9.18 Å². The average Bonchev–Trinajstić information content (AvgIpc) is 1.88. The summed E-state index contributed by atoms with van der Waals surface area (Å²) in [5.41, 5.74) is -0.215. The Bertz CT molecular complexity index is 262. The molecule has 0 saturated carbocycles. The zero-order valence-corrected chi connectivity index (χ0v) is 4.84. The zero-order valence-electron chi connectivity index (χ0n) is 4.84. The SMILES string of the molecule is O=C(O)c1[c]c(F)ncc1. The van der Waals surface area contributed by atoms with Crippen LogP contribution in [-0.2, 0) is 0 Å². The van der Waals surface area contributed by atoms with Gasteiger partial charge >= 0.3 is 5.97 Å². The zero-order chi connectivity index (χ0) is 7.56. The highest BCUT2D eigenvalue weighted by molar-refractivity contribution is 5.86. The maximum Gasteiger partial charge on any atom is 0.336 e. The van der Waals surface area contributed by atoms with Crippen LogP contribution in [0.1, 0.15) is 10.4 Å². The van der Waals surface area contributed by atoms with E-state index in [-0.39, 0.29) is 5.56 Å². The molecule has 0 fully saturated rings. The van der Waals surface area contributed by atoms with Crippen LogP contribution < -0.4 is 0 Å². The Kier molecular flexibility index (Phi) is 1.62. The Balaban J connectivity index is 3.07. The van der Waals surface area contributed by atoms with Gasteiger partial charge in [0.2, 0.25) is 5.95 Å². The highest BCUT2D eigenvalue weighted by Crippen LogP contribution is 1.97. The van der Waals surface area contributed by atoms with Crippen molar-refractivity contribution in [1.82, 2.24) is 4.98 Å². The lowest BCUT2D eigenvalue weighted by atomic mass is 10.3. The second kappa shape index (κ2) is 2.43. The molecule has 0 spiro atoms.